The average molecular weight is 279 g/mol. The molecule has 0 amide bonds. The zero-order chi connectivity index (χ0) is 11.3. The monoisotopic (exact) mass is 278 g/mol. The lowest BCUT2D eigenvalue weighted by Gasteiger charge is -2.22. The molecular formula is C15H19Br. The van der Waals surface area contributed by atoms with Gasteiger partial charge in [0.05, 0.1) is 0 Å². The van der Waals surface area contributed by atoms with Crippen LogP contribution in [0.2, 0.25) is 0 Å². The van der Waals surface area contributed by atoms with Gasteiger partial charge in [0, 0.05) is 4.83 Å². The van der Waals surface area contributed by atoms with Crippen molar-refractivity contribution in [2.75, 3.05) is 0 Å². The first-order chi connectivity index (χ1) is 7.58. The fourth-order valence-electron chi connectivity index (χ4n) is 3.32. The highest BCUT2D eigenvalue weighted by atomic mass is 79.9. The lowest BCUT2D eigenvalue weighted by atomic mass is 9.82. The van der Waals surface area contributed by atoms with Crippen molar-refractivity contribution in [2.24, 2.45) is 0 Å². The van der Waals surface area contributed by atoms with E-state index in [-0.39, 0.29) is 0 Å². The smallest absolute Gasteiger partial charge is 0.0406 e. The molecule has 1 heteroatoms. The molecule has 0 N–H and O–H groups in total. The predicted octanol–water partition coefficient (Wildman–Crippen LogP) is 4.68. The van der Waals surface area contributed by atoms with Gasteiger partial charge in [0.1, 0.15) is 0 Å². The largest absolute Gasteiger partial charge is 0.0838 e. The van der Waals surface area contributed by atoms with E-state index in [1.165, 1.54) is 32.1 Å². The molecule has 1 unspecified atom stereocenters. The minimum absolute atomic E-state index is 0.357. The van der Waals surface area contributed by atoms with Crippen LogP contribution in [-0.4, -0.2) is 0 Å². The summed E-state index contributed by atoms with van der Waals surface area (Å²) >= 11 is 3.84. The predicted molar refractivity (Wildman–Crippen MR) is 72.4 cm³/mol. The standard InChI is InChI=1S/C15H19Br/c1-15(2)9-14(16)12-7-10-5-3-4-6-11(10)8-13(12)15/h7-8,14H,3-6,9H2,1-2H3. The van der Waals surface area contributed by atoms with Crippen molar-refractivity contribution in [1.29, 1.82) is 0 Å². The summed E-state index contributed by atoms with van der Waals surface area (Å²) in [4.78, 5) is 0.574. The van der Waals surface area contributed by atoms with Crippen molar-refractivity contribution in [2.45, 2.75) is 56.2 Å². The highest BCUT2D eigenvalue weighted by molar-refractivity contribution is 9.09. The molecule has 2 aliphatic carbocycles. The summed E-state index contributed by atoms with van der Waals surface area (Å²) in [5.41, 5.74) is 6.75. The molecule has 0 saturated heterocycles. The quantitative estimate of drug-likeness (QED) is 0.605. The van der Waals surface area contributed by atoms with Gasteiger partial charge in [-0.15, -0.1) is 0 Å². The molecule has 0 spiro atoms. The molecule has 0 aromatic heterocycles. The molecule has 3 rings (SSSR count). The van der Waals surface area contributed by atoms with Crippen LogP contribution in [-0.2, 0) is 18.3 Å². The van der Waals surface area contributed by atoms with Crippen molar-refractivity contribution >= 4 is 15.9 Å². The third-order valence-electron chi connectivity index (χ3n) is 4.27. The molecule has 86 valence electrons. The van der Waals surface area contributed by atoms with Crippen LogP contribution in [0.15, 0.2) is 12.1 Å². The number of alkyl halides is 1. The fraction of sp³-hybridized carbons (Fsp3) is 0.600. The van der Waals surface area contributed by atoms with Crippen LogP contribution in [0.25, 0.3) is 0 Å². The van der Waals surface area contributed by atoms with Crippen LogP contribution in [0, 0.1) is 0 Å². The topological polar surface area (TPSA) is 0 Å². The molecular weight excluding hydrogens is 260 g/mol. The highest BCUT2D eigenvalue weighted by Crippen LogP contribution is 2.49. The van der Waals surface area contributed by atoms with Gasteiger partial charge in [0.25, 0.3) is 0 Å². The second-order valence-electron chi connectivity index (χ2n) is 5.97. The Labute approximate surface area is 107 Å². The average Bonchev–Trinajstić information content (AvgIpc) is 2.47. The van der Waals surface area contributed by atoms with Crippen molar-refractivity contribution in [1.82, 2.24) is 0 Å². The molecule has 0 nitrogen and oxygen atoms in total. The van der Waals surface area contributed by atoms with E-state index in [4.69, 9.17) is 0 Å². The van der Waals surface area contributed by atoms with E-state index in [2.05, 4.69) is 41.9 Å². The Morgan fingerprint density at radius 1 is 1.12 bits per heavy atom. The summed E-state index contributed by atoms with van der Waals surface area (Å²) in [6, 6.07) is 4.99. The minimum Gasteiger partial charge on any atom is -0.0838 e. The van der Waals surface area contributed by atoms with Gasteiger partial charge >= 0.3 is 0 Å². The lowest BCUT2D eigenvalue weighted by molar-refractivity contribution is 0.520. The molecule has 1 atom stereocenters. The summed E-state index contributed by atoms with van der Waals surface area (Å²) in [7, 11) is 0. The number of halogens is 1. The molecule has 0 aliphatic heterocycles. The third kappa shape index (κ3) is 1.55. The maximum Gasteiger partial charge on any atom is 0.0406 e. The maximum atomic E-state index is 3.84. The number of aryl methyl sites for hydroxylation is 2. The van der Waals surface area contributed by atoms with Gasteiger partial charge in [-0.3, -0.25) is 0 Å². The first-order valence-corrected chi connectivity index (χ1v) is 7.30. The highest BCUT2D eigenvalue weighted by Gasteiger charge is 2.36. The molecule has 0 bridgehead atoms. The van der Waals surface area contributed by atoms with Crippen molar-refractivity contribution < 1.29 is 0 Å². The lowest BCUT2D eigenvalue weighted by Crippen LogP contribution is -2.13. The number of rotatable bonds is 0. The molecule has 0 fully saturated rings. The van der Waals surface area contributed by atoms with Crippen LogP contribution in [0.1, 0.15) is 60.2 Å². The van der Waals surface area contributed by atoms with Gasteiger partial charge in [-0.25, -0.2) is 0 Å². The number of benzene rings is 1. The summed E-state index contributed by atoms with van der Waals surface area (Å²) in [6.07, 6.45) is 6.59. The Balaban J connectivity index is 2.16. The molecule has 16 heavy (non-hydrogen) atoms. The van der Waals surface area contributed by atoms with Crippen molar-refractivity contribution in [3.8, 4) is 0 Å². The Bertz CT molecular complexity index is 431. The third-order valence-corrected chi connectivity index (χ3v) is 5.09. The van der Waals surface area contributed by atoms with Crippen LogP contribution in [0.5, 0.6) is 0 Å². The normalized spacial score (nSPS) is 26.3. The van der Waals surface area contributed by atoms with Gasteiger partial charge < -0.3 is 0 Å². The van der Waals surface area contributed by atoms with E-state index in [1.54, 1.807) is 22.3 Å². The van der Waals surface area contributed by atoms with Gasteiger partial charge in [-0.05, 0) is 59.8 Å². The SMILES string of the molecule is CC1(C)CC(Br)c2cc3c(cc21)CCCC3. The Kier molecular flexibility index (Phi) is 2.43. The van der Waals surface area contributed by atoms with E-state index in [9.17, 15) is 0 Å². The number of hydrogen-bond donors (Lipinski definition) is 0. The van der Waals surface area contributed by atoms with Gasteiger partial charge in [0.2, 0.25) is 0 Å². The molecule has 2 aliphatic rings. The van der Waals surface area contributed by atoms with Gasteiger partial charge in [0.15, 0.2) is 0 Å². The second-order valence-corrected chi connectivity index (χ2v) is 7.08. The zero-order valence-electron chi connectivity index (χ0n) is 10.1. The zero-order valence-corrected chi connectivity index (χ0v) is 11.7. The van der Waals surface area contributed by atoms with Crippen molar-refractivity contribution in [3.63, 3.8) is 0 Å². The molecule has 0 heterocycles. The van der Waals surface area contributed by atoms with Gasteiger partial charge in [-0.2, -0.15) is 0 Å². The Morgan fingerprint density at radius 2 is 1.75 bits per heavy atom. The summed E-state index contributed by atoms with van der Waals surface area (Å²) in [5, 5.41) is 0. The first kappa shape index (κ1) is 10.8. The van der Waals surface area contributed by atoms with E-state index < -0.39 is 0 Å². The van der Waals surface area contributed by atoms with E-state index in [1.807, 2.05) is 0 Å². The molecule has 1 aromatic carbocycles. The summed E-state index contributed by atoms with van der Waals surface area (Å²) in [6.45, 7) is 4.75. The summed E-state index contributed by atoms with van der Waals surface area (Å²) < 4.78 is 0. The van der Waals surface area contributed by atoms with Crippen LogP contribution >= 0.6 is 15.9 Å². The molecule has 1 aromatic rings. The maximum absolute atomic E-state index is 3.84. The van der Waals surface area contributed by atoms with Crippen LogP contribution in [0.3, 0.4) is 0 Å². The molecule has 0 saturated carbocycles. The van der Waals surface area contributed by atoms with E-state index in [0.29, 0.717) is 10.2 Å². The first-order valence-electron chi connectivity index (χ1n) is 6.38. The summed E-state index contributed by atoms with van der Waals surface area (Å²) in [5.74, 6) is 0. The number of fused-ring (bicyclic) bond motifs is 2. The van der Waals surface area contributed by atoms with Crippen LogP contribution in [0.4, 0.5) is 0 Å². The number of hydrogen-bond acceptors (Lipinski definition) is 0. The Morgan fingerprint density at radius 3 is 2.44 bits per heavy atom. The van der Waals surface area contributed by atoms with Gasteiger partial charge in [-0.1, -0.05) is 41.9 Å². The van der Waals surface area contributed by atoms with E-state index in [0.717, 1.165) is 0 Å². The molecule has 0 radical (unpaired) electrons. The minimum atomic E-state index is 0.357. The Hall–Kier alpha value is -0.300. The fourth-order valence-corrected chi connectivity index (χ4v) is 4.51. The van der Waals surface area contributed by atoms with Crippen LogP contribution < -0.4 is 0 Å². The van der Waals surface area contributed by atoms with E-state index >= 15 is 0 Å². The van der Waals surface area contributed by atoms with Crippen molar-refractivity contribution in [3.05, 3.63) is 34.4 Å². The second kappa shape index (κ2) is 3.60.